The Morgan fingerprint density at radius 2 is 1.83 bits per heavy atom. The highest BCUT2D eigenvalue weighted by Gasteiger charge is 2.48. The minimum absolute atomic E-state index is 0.512. The maximum absolute atomic E-state index is 12.4. The number of ketones is 1. The van der Waals surface area contributed by atoms with Gasteiger partial charge in [-0.15, -0.1) is 0 Å². The van der Waals surface area contributed by atoms with Crippen molar-refractivity contribution in [1.82, 2.24) is 5.32 Å². The van der Waals surface area contributed by atoms with Crippen LogP contribution < -0.4 is 5.32 Å². The fourth-order valence-corrected chi connectivity index (χ4v) is 5.23. The zero-order chi connectivity index (χ0) is 12.1. The molecule has 0 aromatic heterocycles. The molecule has 18 heavy (non-hydrogen) atoms. The minimum Gasteiger partial charge on any atom is -0.313 e. The maximum atomic E-state index is 12.4. The third-order valence-electron chi connectivity index (χ3n) is 5.86. The first-order chi connectivity index (χ1) is 8.86. The number of allylic oxidation sites excluding steroid dienone is 1. The molecule has 0 aromatic rings. The second-order valence-electron chi connectivity index (χ2n) is 6.65. The number of fused-ring (bicyclic) bond motifs is 5. The van der Waals surface area contributed by atoms with Crippen molar-refractivity contribution in [1.29, 1.82) is 0 Å². The van der Waals surface area contributed by atoms with Crippen molar-refractivity contribution in [2.75, 3.05) is 6.54 Å². The van der Waals surface area contributed by atoms with Crippen molar-refractivity contribution < 1.29 is 4.79 Å². The summed E-state index contributed by atoms with van der Waals surface area (Å²) in [7, 11) is 0. The van der Waals surface area contributed by atoms with Gasteiger partial charge in [-0.25, -0.2) is 0 Å². The molecule has 1 saturated carbocycles. The molecule has 2 heteroatoms. The lowest BCUT2D eigenvalue weighted by molar-refractivity contribution is -0.117. The smallest absolute Gasteiger partial charge is 0.159 e. The van der Waals surface area contributed by atoms with Crippen LogP contribution in [0.3, 0.4) is 0 Å². The van der Waals surface area contributed by atoms with Gasteiger partial charge >= 0.3 is 0 Å². The highest BCUT2D eigenvalue weighted by Crippen LogP contribution is 2.51. The van der Waals surface area contributed by atoms with Crippen LogP contribution in [0.25, 0.3) is 0 Å². The summed E-state index contributed by atoms with van der Waals surface area (Å²) in [5.41, 5.74) is 2.92. The first-order valence-electron chi connectivity index (χ1n) is 7.86. The highest BCUT2D eigenvalue weighted by molar-refractivity contribution is 5.97. The molecule has 98 valence electrons. The Labute approximate surface area is 109 Å². The van der Waals surface area contributed by atoms with Crippen LogP contribution in [0.15, 0.2) is 11.1 Å². The number of carbonyl (C=O) groups is 1. The van der Waals surface area contributed by atoms with Gasteiger partial charge in [0.25, 0.3) is 0 Å². The van der Waals surface area contributed by atoms with Crippen LogP contribution >= 0.6 is 0 Å². The summed E-state index contributed by atoms with van der Waals surface area (Å²) >= 11 is 0. The molecule has 1 saturated heterocycles. The van der Waals surface area contributed by atoms with Gasteiger partial charge in [0, 0.05) is 12.5 Å². The molecule has 1 aliphatic heterocycles. The van der Waals surface area contributed by atoms with Crippen molar-refractivity contribution in [3.05, 3.63) is 11.1 Å². The predicted molar refractivity (Wildman–Crippen MR) is 71.2 cm³/mol. The number of carbonyl (C=O) groups excluding carboxylic acids is 1. The molecule has 1 heterocycles. The molecule has 0 radical (unpaired) electrons. The van der Waals surface area contributed by atoms with Crippen molar-refractivity contribution in [3.8, 4) is 0 Å². The van der Waals surface area contributed by atoms with Crippen LogP contribution in [0, 0.1) is 17.8 Å². The quantitative estimate of drug-likeness (QED) is 0.711. The first kappa shape index (κ1) is 11.2. The summed E-state index contributed by atoms with van der Waals surface area (Å²) in [4.78, 5) is 12.4. The molecule has 1 unspecified atom stereocenters. The molecule has 2 nitrogen and oxygen atoms in total. The predicted octanol–water partition coefficient (Wildman–Crippen LogP) is 2.83. The molecule has 0 aromatic carbocycles. The van der Waals surface area contributed by atoms with Crippen LogP contribution in [0.2, 0.25) is 0 Å². The summed E-state index contributed by atoms with van der Waals surface area (Å²) in [6.07, 6.45) is 9.77. The first-order valence-corrected chi connectivity index (χ1v) is 7.86. The zero-order valence-corrected chi connectivity index (χ0v) is 11.1. The van der Waals surface area contributed by atoms with Crippen molar-refractivity contribution in [2.45, 2.75) is 57.4 Å². The standard InChI is InChI=1S/C16H23NO/c18-14-7-3-6-11-13-8-9-17-16(13)12-5-2-1-4-10(12)15(11)14/h10,12-13,16-17H,1-9H2/t10-,12+,13?,16-/m1/s1. The summed E-state index contributed by atoms with van der Waals surface area (Å²) in [6.45, 7) is 1.17. The zero-order valence-electron chi connectivity index (χ0n) is 11.1. The summed E-state index contributed by atoms with van der Waals surface area (Å²) in [5, 5.41) is 3.76. The Morgan fingerprint density at radius 3 is 2.78 bits per heavy atom. The Morgan fingerprint density at radius 1 is 0.944 bits per heavy atom. The van der Waals surface area contributed by atoms with E-state index in [0.29, 0.717) is 23.7 Å². The SMILES string of the molecule is O=C1CCCC2=C1[C@@H]1CCCC[C@@H]1[C@H]1NCCC21. The summed E-state index contributed by atoms with van der Waals surface area (Å²) in [5.74, 6) is 2.61. The molecular formula is C16H23NO. The van der Waals surface area contributed by atoms with Gasteiger partial charge in [-0.1, -0.05) is 18.4 Å². The van der Waals surface area contributed by atoms with Crippen LogP contribution in [0.1, 0.15) is 51.4 Å². The van der Waals surface area contributed by atoms with Crippen LogP contribution in [0.5, 0.6) is 0 Å². The second-order valence-corrected chi connectivity index (χ2v) is 6.65. The highest BCUT2D eigenvalue weighted by atomic mass is 16.1. The third-order valence-corrected chi connectivity index (χ3v) is 5.86. The van der Waals surface area contributed by atoms with Crippen LogP contribution in [-0.4, -0.2) is 18.4 Å². The van der Waals surface area contributed by atoms with Crippen LogP contribution in [-0.2, 0) is 4.79 Å². The van der Waals surface area contributed by atoms with Gasteiger partial charge in [0.1, 0.15) is 0 Å². The number of rotatable bonds is 0. The second kappa shape index (κ2) is 4.19. The van der Waals surface area contributed by atoms with Gasteiger partial charge in [-0.2, -0.15) is 0 Å². The molecule has 2 fully saturated rings. The largest absolute Gasteiger partial charge is 0.313 e. The van der Waals surface area contributed by atoms with E-state index >= 15 is 0 Å². The van der Waals surface area contributed by atoms with Crippen molar-refractivity contribution in [3.63, 3.8) is 0 Å². The molecule has 0 bridgehead atoms. The fraction of sp³-hybridized carbons (Fsp3) is 0.812. The molecule has 4 atom stereocenters. The van der Waals surface area contributed by atoms with Crippen LogP contribution in [0.4, 0.5) is 0 Å². The Bertz CT molecular complexity index is 411. The molecule has 4 aliphatic rings. The molecule has 4 rings (SSSR count). The van der Waals surface area contributed by atoms with Gasteiger partial charge in [-0.05, 0) is 62.0 Å². The fourth-order valence-electron chi connectivity index (χ4n) is 5.23. The van der Waals surface area contributed by atoms with E-state index in [-0.39, 0.29) is 0 Å². The topological polar surface area (TPSA) is 29.1 Å². The lowest BCUT2D eigenvalue weighted by Gasteiger charge is -2.46. The van der Waals surface area contributed by atoms with Gasteiger partial charge in [-0.3, -0.25) is 4.79 Å². The number of hydrogen-bond acceptors (Lipinski definition) is 2. The lowest BCUT2D eigenvalue weighted by atomic mass is 9.59. The van der Waals surface area contributed by atoms with E-state index in [9.17, 15) is 4.79 Å². The number of nitrogens with one attached hydrogen (secondary N) is 1. The van der Waals surface area contributed by atoms with E-state index < -0.39 is 0 Å². The lowest BCUT2D eigenvalue weighted by Crippen LogP contribution is -2.47. The maximum Gasteiger partial charge on any atom is 0.159 e. The van der Waals surface area contributed by atoms with E-state index in [2.05, 4.69) is 5.32 Å². The number of hydrogen-bond donors (Lipinski definition) is 1. The van der Waals surface area contributed by atoms with Gasteiger partial charge in [0.05, 0.1) is 0 Å². The minimum atomic E-state index is 0.512. The van der Waals surface area contributed by atoms with E-state index in [0.717, 1.165) is 18.8 Å². The van der Waals surface area contributed by atoms with Crippen molar-refractivity contribution >= 4 is 5.78 Å². The van der Waals surface area contributed by atoms with E-state index in [4.69, 9.17) is 0 Å². The molecule has 0 spiro atoms. The van der Waals surface area contributed by atoms with E-state index in [1.807, 2.05) is 0 Å². The molecule has 1 N–H and O–H groups in total. The third kappa shape index (κ3) is 1.48. The van der Waals surface area contributed by atoms with E-state index in [1.54, 1.807) is 5.57 Å². The normalized spacial score (nSPS) is 43.4. The number of Topliss-reactive ketones (excluding diaryl/α,β-unsaturated/α-hetero) is 1. The Balaban J connectivity index is 1.81. The summed E-state index contributed by atoms with van der Waals surface area (Å²) < 4.78 is 0. The van der Waals surface area contributed by atoms with Crippen molar-refractivity contribution in [2.24, 2.45) is 17.8 Å². The average molecular weight is 245 g/mol. The average Bonchev–Trinajstić information content (AvgIpc) is 2.88. The van der Waals surface area contributed by atoms with Gasteiger partial charge in [0.15, 0.2) is 5.78 Å². The van der Waals surface area contributed by atoms with E-state index in [1.165, 1.54) is 50.6 Å². The van der Waals surface area contributed by atoms with Gasteiger partial charge in [0.2, 0.25) is 0 Å². The molecule has 0 amide bonds. The Hall–Kier alpha value is -0.630. The molecule has 3 aliphatic carbocycles. The monoisotopic (exact) mass is 245 g/mol. The van der Waals surface area contributed by atoms with Gasteiger partial charge < -0.3 is 5.32 Å². The molecular weight excluding hydrogens is 222 g/mol. The Kier molecular flexibility index (Phi) is 2.61. The summed E-state index contributed by atoms with van der Waals surface area (Å²) in [6, 6.07) is 0.708.